The quantitative estimate of drug-likeness (QED) is 0.477. The number of rotatable bonds is 2. The Bertz CT molecular complexity index is 981. The Balaban J connectivity index is 1.79. The molecule has 0 saturated carbocycles. The average Bonchev–Trinajstić information content (AvgIpc) is 2.95. The highest BCUT2D eigenvalue weighted by Gasteiger charge is 2.33. The van der Waals surface area contributed by atoms with E-state index < -0.39 is 0 Å². The van der Waals surface area contributed by atoms with Crippen LogP contribution < -0.4 is 0 Å². The lowest BCUT2D eigenvalue weighted by Gasteiger charge is -2.29. The Hall–Kier alpha value is -2.33. The summed E-state index contributed by atoms with van der Waals surface area (Å²) in [5, 5.41) is 10.2. The SMILES string of the molecule is Cc1cccc2c3c([nH]c12)/C(=N/N=C\c1ccccc1)CC(C)(C)S3. The fourth-order valence-corrected chi connectivity index (χ4v) is 4.55. The standard InChI is InChI=1S/C21H21N3S/c1-14-8-7-11-16-18(14)23-19-17(12-21(2,3)25-20(16)19)24-22-13-15-9-5-4-6-10-15/h4-11,13,23H,12H2,1-3H3/b22-13-,24-17+. The number of benzene rings is 2. The molecule has 0 amide bonds. The minimum atomic E-state index is 0.104. The van der Waals surface area contributed by atoms with Crippen molar-refractivity contribution in [2.24, 2.45) is 10.2 Å². The predicted octanol–water partition coefficient (Wildman–Crippen LogP) is 5.57. The zero-order valence-corrected chi connectivity index (χ0v) is 15.5. The summed E-state index contributed by atoms with van der Waals surface area (Å²) in [4.78, 5) is 4.89. The monoisotopic (exact) mass is 347 g/mol. The molecular formula is C21H21N3S. The van der Waals surface area contributed by atoms with Crippen LogP contribution in [0.3, 0.4) is 0 Å². The highest BCUT2D eigenvalue weighted by molar-refractivity contribution is 8.01. The van der Waals surface area contributed by atoms with Crippen LogP contribution in [0, 0.1) is 6.92 Å². The van der Waals surface area contributed by atoms with Crippen molar-refractivity contribution in [2.75, 3.05) is 0 Å². The van der Waals surface area contributed by atoms with Crippen molar-refractivity contribution in [1.82, 2.24) is 4.98 Å². The lowest BCUT2D eigenvalue weighted by molar-refractivity contribution is 0.737. The zero-order valence-electron chi connectivity index (χ0n) is 14.7. The lowest BCUT2D eigenvalue weighted by atomic mass is 10.0. The molecule has 0 spiro atoms. The van der Waals surface area contributed by atoms with Crippen molar-refractivity contribution in [1.29, 1.82) is 0 Å². The van der Waals surface area contributed by atoms with Gasteiger partial charge in [0.2, 0.25) is 0 Å². The van der Waals surface area contributed by atoms with Crippen LogP contribution in [-0.2, 0) is 0 Å². The molecule has 3 nitrogen and oxygen atoms in total. The molecule has 0 saturated heterocycles. The number of aryl methyl sites for hydroxylation is 1. The van der Waals surface area contributed by atoms with E-state index in [4.69, 9.17) is 0 Å². The first kappa shape index (κ1) is 16.2. The Morgan fingerprint density at radius 2 is 1.88 bits per heavy atom. The van der Waals surface area contributed by atoms with E-state index in [0.29, 0.717) is 0 Å². The summed E-state index contributed by atoms with van der Waals surface area (Å²) in [5.41, 5.74) is 5.68. The largest absolute Gasteiger partial charge is 0.352 e. The molecule has 0 aliphatic carbocycles. The van der Waals surface area contributed by atoms with Crippen molar-refractivity contribution in [3.05, 3.63) is 65.4 Å². The molecule has 126 valence electrons. The molecule has 4 rings (SSSR count). The maximum Gasteiger partial charge on any atom is 0.0890 e. The van der Waals surface area contributed by atoms with Gasteiger partial charge in [-0.25, -0.2) is 0 Å². The first-order valence-corrected chi connectivity index (χ1v) is 9.31. The summed E-state index contributed by atoms with van der Waals surface area (Å²) >= 11 is 1.93. The topological polar surface area (TPSA) is 40.5 Å². The summed E-state index contributed by atoms with van der Waals surface area (Å²) < 4.78 is 0.104. The molecule has 2 aromatic carbocycles. The van der Waals surface area contributed by atoms with E-state index in [0.717, 1.165) is 23.4 Å². The normalized spacial score (nSPS) is 18.1. The summed E-state index contributed by atoms with van der Waals surface area (Å²) in [6.45, 7) is 6.68. The Morgan fingerprint density at radius 1 is 1.08 bits per heavy atom. The smallest absolute Gasteiger partial charge is 0.0890 e. The fourth-order valence-electron chi connectivity index (χ4n) is 3.24. The first-order chi connectivity index (χ1) is 12.0. The summed E-state index contributed by atoms with van der Waals surface area (Å²) in [6.07, 6.45) is 2.71. The van der Waals surface area contributed by atoms with Crippen LogP contribution in [0.25, 0.3) is 10.9 Å². The van der Waals surface area contributed by atoms with E-state index in [9.17, 15) is 0 Å². The van der Waals surface area contributed by atoms with E-state index in [-0.39, 0.29) is 4.75 Å². The second-order valence-electron chi connectivity index (χ2n) is 7.07. The van der Waals surface area contributed by atoms with Gasteiger partial charge in [0, 0.05) is 21.4 Å². The molecule has 0 bridgehead atoms. The third-order valence-electron chi connectivity index (χ3n) is 4.44. The van der Waals surface area contributed by atoms with Gasteiger partial charge in [-0.3, -0.25) is 0 Å². The van der Waals surface area contributed by atoms with Gasteiger partial charge in [0.15, 0.2) is 0 Å². The minimum absolute atomic E-state index is 0.104. The number of fused-ring (bicyclic) bond motifs is 3. The minimum Gasteiger partial charge on any atom is -0.352 e. The second kappa shape index (κ2) is 6.19. The van der Waals surface area contributed by atoms with E-state index >= 15 is 0 Å². The van der Waals surface area contributed by atoms with Gasteiger partial charge in [-0.05, 0) is 31.9 Å². The van der Waals surface area contributed by atoms with Crippen LogP contribution in [0.4, 0.5) is 0 Å². The predicted molar refractivity (Wildman–Crippen MR) is 108 cm³/mol. The van der Waals surface area contributed by atoms with Crippen molar-refractivity contribution in [3.63, 3.8) is 0 Å². The Morgan fingerprint density at radius 3 is 2.68 bits per heavy atom. The van der Waals surface area contributed by atoms with Crippen LogP contribution >= 0.6 is 11.8 Å². The number of nitrogens with one attached hydrogen (secondary N) is 1. The van der Waals surface area contributed by atoms with Crippen LogP contribution in [0.5, 0.6) is 0 Å². The number of aromatic nitrogens is 1. The van der Waals surface area contributed by atoms with E-state index in [2.05, 4.69) is 54.2 Å². The molecule has 1 N–H and O–H groups in total. The first-order valence-electron chi connectivity index (χ1n) is 8.49. The third kappa shape index (κ3) is 3.14. The molecule has 2 heterocycles. The van der Waals surface area contributed by atoms with Gasteiger partial charge < -0.3 is 4.98 Å². The highest BCUT2D eigenvalue weighted by Crippen LogP contribution is 2.46. The van der Waals surface area contributed by atoms with Crippen molar-refractivity contribution < 1.29 is 0 Å². The van der Waals surface area contributed by atoms with Gasteiger partial charge in [-0.1, -0.05) is 48.5 Å². The van der Waals surface area contributed by atoms with E-state index in [1.807, 2.05) is 48.3 Å². The average molecular weight is 347 g/mol. The van der Waals surface area contributed by atoms with E-state index in [1.165, 1.54) is 21.4 Å². The fraction of sp³-hybridized carbons (Fsp3) is 0.238. The summed E-state index contributed by atoms with van der Waals surface area (Å²) in [5.74, 6) is 0. The molecule has 0 fully saturated rings. The van der Waals surface area contributed by atoms with Crippen molar-refractivity contribution >= 4 is 34.6 Å². The van der Waals surface area contributed by atoms with Crippen molar-refractivity contribution in [2.45, 2.75) is 36.8 Å². The maximum atomic E-state index is 4.58. The third-order valence-corrected chi connectivity index (χ3v) is 5.76. The molecule has 0 atom stereocenters. The molecule has 1 aliphatic heterocycles. The number of para-hydroxylation sites is 1. The molecule has 0 unspecified atom stereocenters. The summed E-state index contributed by atoms with van der Waals surface area (Å²) in [6, 6.07) is 16.5. The van der Waals surface area contributed by atoms with Crippen LogP contribution in [0.2, 0.25) is 0 Å². The van der Waals surface area contributed by atoms with Crippen LogP contribution in [0.1, 0.15) is 37.1 Å². The maximum absolute atomic E-state index is 4.58. The number of hydrogen-bond donors (Lipinski definition) is 1. The molecule has 3 aromatic rings. The number of H-pyrrole nitrogens is 1. The number of hydrogen-bond acceptors (Lipinski definition) is 3. The Kier molecular flexibility index (Phi) is 4.00. The molecule has 25 heavy (non-hydrogen) atoms. The molecule has 4 heteroatoms. The molecule has 0 radical (unpaired) electrons. The van der Waals surface area contributed by atoms with Crippen molar-refractivity contribution in [3.8, 4) is 0 Å². The number of nitrogens with zero attached hydrogens (tertiary/aromatic N) is 2. The lowest BCUT2D eigenvalue weighted by Crippen LogP contribution is -2.25. The highest BCUT2D eigenvalue weighted by atomic mass is 32.2. The Labute approximate surface area is 152 Å². The zero-order chi connectivity index (χ0) is 17.4. The molecule has 1 aliphatic rings. The molecule has 1 aromatic heterocycles. The van der Waals surface area contributed by atoms with Gasteiger partial charge in [-0.2, -0.15) is 10.2 Å². The van der Waals surface area contributed by atoms with Crippen LogP contribution in [0.15, 0.2) is 63.6 Å². The van der Waals surface area contributed by atoms with Gasteiger partial charge >= 0.3 is 0 Å². The van der Waals surface area contributed by atoms with Gasteiger partial charge in [-0.15, -0.1) is 11.8 Å². The summed E-state index contributed by atoms with van der Waals surface area (Å²) in [7, 11) is 0. The second-order valence-corrected chi connectivity index (χ2v) is 8.78. The van der Waals surface area contributed by atoms with E-state index in [1.54, 1.807) is 0 Å². The van der Waals surface area contributed by atoms with Gasteiger partial charge in [0.25, 0.3) is 0 Å². The van der Waals surface area contributed by atoms with Crippen LogP contribution in [-0.4, -0.2) is 21.7 Å². The van der Waals surface area contributed by atoms with Gasteiger partial charge in [0.1, 0.15) is 0 Å². The molecular weight excluding hydrogens is 326 g/mol. The van der Waals surface area contributed by atoms with Gasteiger partial charge in [0.05, 0.1) is 23.1 Å². The number of thioether (sulfide) groups is 1. The number of aromatic amines is 1.